The Morgan fingerprint density at radius 1 is 1.01 bits per heavy atom. The van der Waals surface area contributed by atoms with Crippen LogP contribution >= 0.6 is 0 Å². The second-order valence-electron chi connectivity index (χ2n) is 17.4. The van der Waals surface area contributed by atoms with Gasteiger partial charge in [-0.05, 0) is 87.4 Å². The molecular formula is C50H54N8O12S. The summed E-state index contributed by atoms with van der Waals surface area (Å²) >= 11 is 0. The molecule has 0 fully saturated rings. The Morgan fingerprint density at radius 2 is 1.76 bits per heavy atom. The van der Waals surface area contributed by atoms with Gasteiger partial charge in [0.1, 0.15) is 19.3 Å². The van der Waals surface area contributed by atoms with Crippen LogP contribution in [0.15, 0.2) is 64.8 Å². The maximum absolute atomic E-state index is 14.0. The maximum Gasteiger partial charge on any atom is 0.410 e. The first-order valence-corrected chi connectivity index (χ1v) is 25.2. The van der Waals surface area contributed by atoms with Crippen LogP contribution in [-0.2, 0) is 65.5 Å². The van der Waals surface area contributed by atoms with Crippen molar-refractivity contribution in [1.29, 1.82) is 0 Å². The lowest BCUT2D eigenvalue weighted by Gasteiger charge is -2.31. The normalized spacial score (nSPS) is 15.6. The van der Waals surface area contributed by atoms with E-state index in [9.17, 15) is 37.5 Å². The van der Waals surface area contributed by atoms with Gasteiger partial charge in [-0.15, -0.1) is 0 Å². The molecule has 5 aromatic rings. The quantitative estimate of drug-likeness (QED) is 0.0410. The van der Waals surface area contributed by atoms with Crippen LogP contribution in [0.25, 0.3) is 22.3 Å². The topological polar surface area (TPSA) is 274 Å². The predicted octanol–water partition coefficient (Wildman–Crippen LogP) is 3.98. The number of benzene rings is 2. The van der Waals surface area contributed by atoms with Crippen molar-refractivity contribution < 1.29 is 51.6 Å². The van der Waals surface area contributed by atoms with Crippen LogP contribution in [0.1, 0.15) is 92.2 Å². The molecule has 3 aliphatic rings. The molecular weight excluding hydrogens is 937 g/mol. The number of fused-ring (bicyclic) bond motifs is 6. The van der Waals surface area contributed by atoms with Crippen LogP contribution in [-0.4, -0.2) is 101 Å². The number of amides is 3. The lowest BCUT2D eigenvalue weighted by atomic mass is 9.86. The molecule has 0 spiro atoms. The Kier molecular flexibility index (Phi) is 15.0. The molecule has 2 aromatic carbocycles. The first-order chi connectivity index (χ1) is 34.1. The maximum atomic E-state index is 14.0. The van der Waals surface area contributed by atoms with Crippen LogP contribution in [0, 0.1) is 11.8 Å². The zero-order valence-electron chi connectivity index (χ0n) is 39.5. The van der Waals surface area contributed by atoms with E-state index in [2.05, 4.69) is 32.4 Å². The van der Waals surface area contributed by atoms with E-state index in [0.717, 1.165) is 22.8 Å². The highest BCUT2D eigenvalue weighted by molar-refractivity contribution is 7.90. The Bertz CT molecular complexity index is 3130. The molecule has 8 rings (SSSR count). The fourth-order valence-corrected chi connectivity index (χ4v) is 9.20. The highest BCUT2D eigenvalue weighted by Gasteiger charge is 2.45. The molecule has 3 amide bonds. The third kappa shape index (κ3) is 10.8. The van der Waals surface area contributed by atoms with Crippen molar-refractivity contribution in [2.24, 2.45) is 5.73 Å². The summed E-state index contributed by atoms with van der Waals surface area (Å²) in [5, 5.41) is 17.6. The molecule has 71 heavy (non-hydrogen) atoms. The first kappa shape index (κ1) is 50.0. The fraction of sp³-hybridized carbons (Fsp3) is 0.400. The number of hydrogen-bond donors (Lipinski definition) is 4. The summed E-state index contributed by atoms with van der Waals surface area (Å²) in [6.45, 7) is 4.43. The average molecular weight is 991 g/mol. The summed E-state index contributed by atoms with van der Waals surface area (Å²) < 4.78 is 47.1. The van der Waals surface area contributed by atoms with Gasteiger partial charge >= 0.3 is 12.1 Å². The molecule has 5 N–H and O–H groups in total. The van der Waals surface area contributed by atoms with Crippen molar-refractivity contribution in [2.45, 2.75) is 102 Å². The number of likely N-dealkylation sites (N-methyl/N-ethyl adjacent to an activating group) is 1. The minimum absolute atomic E-state index is 0.0107. The number of unbranched alkanes of at least 4 members (excludes halogenated alkanes) is 2. The number of nitrogens with zero attached hydrogens (tertiary/aromatic N) is 5. The highest BCUT2D eigenvalue weighted by atomic mass is 32.2. The third-order valence-electron chi connectivity index (χ3n) is 12.7. The first-order valence-electron chi connectivity index (χ1n) is 23.4. The number of nitrogens with two attached hydrogens (primary N) is 1. The molecule has 372 valence electrons. The number of rotatable bonds is 18. The number of ether oxygens (including phenoxy) is 4. The van der Waals surface area contributed by atoms with Crippen LogP contribution in [0.5, 0.6) is 11.5 Å². The predicted molar refractivity (Wildman–Crippen MR) is 258 cm³/mol. The van der Waals surface area contributed by atoms with E-state index < -0.39 is 39.4 Å². The minimum atomic E-state index is -3.52. The molecule has 0 unspecified atom stereocenters. The lowest BCUT2D eigenvalue weighted by molar-refractivity contribution is -0.172. The van der Waals surface area contributed by atoms with Crippen LogP contribution < -0.4 is 31.4 Å². The smallest absolute Gasteiger partial charge is 0.410 e. The van der Waals surface area contributed by atoms with Gasteiger partial charge in [-0.1, -0.05) is 30.9 Å². The Hall–Kier alpha value is -7.41. The van der Waals surface area contributed by atoms with Crippen molar-refractivity contribution in [2.75, 3.05) is 38.0 Å². The van der Waals surface area contributed by atoms with Gasteiger partial charge in [0.25, 0.3) is 5.56 Å². The number of esters is 1. The monoisotopic (exact) mass is 990 g/mol. The molecule has 0 saturated carbocycles. The molecule has 0 aliphatic carbocycles. The Morgan fingerprint density at radius 3 is 2.46 bits per heavy atom. The van der Waals surface area contributed by atoms with Crippen LogP contribution in [0.3, 0.4) is 0 Å². The third-order valence-corrected chi connectivity index (χ3v) is 13.5. The van der Waals surface area contributed by atoms with E-state index in [1.165, 1.54) is 12.4 Å². The summed E-state index contributed by atoms with van der Waals surface area (Å²) in [6, 6.07) is 11.3. The Labute approximate surface area is 409 Å². The van der Waals surface area contributed by atoms with Crippen LogP contribution in [0.4, 0.5) is 10.5 Å². The number of cyclic esters (lactones) is 1. The van der Waals surface area contributed by atoms with Gasteiger partial charge in [0.05, 0.1) is 34.6 Å². The molecule has 0 bridgehead atoms. The number of pyridine rings is 2. The van der Waals surface area contributed by atoms with E-state index in [4.69, 9.17) is 29.7 Å². The van der Waals surface area contributed by atoms with Gasteiger partial charge in [-0.25, -0.2) is 33.0 Å². The molecule has 0 radical (unpaired) electrons. The molecule has 3 aliphatic heterocycles. The van der Waals surface area contributed by atoms with Gasteiger partial charge in [0.15, 0.2) is 17.1 Å². The summed E-state index contributed by atoms with van der Waals surface area (Å²) in [7, 11) is -3.52. The highest BCUT2D eigenvalue weighted by Crippen LogP contribution is 2.43. The van der Waals surface area contributed by atoms with Crippen molar-refractivity contribution in [3.63, 3.8) is 0 Å². The second-order valence-corrected chi connectivity index (χ2v) is 19.3. The molecule has 21 heteroatoms. The largest absolute Gasteiger partial charge is 0.458 e. The summed E-state index contributed by atoms with van der Waals surface area (Å²) in [6.07, 6.45) is 6.08. The number of sulfone groups is 1. The van der Waals surface area contributed by atoms with Gasteiger partial charge in [0, 0.05) is 72.8 Å². The van der Waals surface area contributed by atoms with Gasteiger partial charge in [-0.2, -0.15) is 0 Å². The number of aromatic nitrogens is 4. The van der Waals surface area contributed by atoms with E-state index in [-0.39, 0.29) is 73.7 Å². The standard InChI is InChI=1S/C50H54N8O12S/c1-4-50(64)37-22-40-44-35(26-58(40)46(61)36(37)28-67-47(50)62)33(34-21-41-42(70-29-69-41)23-39(34)56-44)18-20-57(5-2)49(63)68-27-30-14-16-32(17-15-30)54-45(60)38(12-9-10-19-51)55-43(59)13-8-6-7-11-31-24-52-48(53-25-31)71(3,65)66/h14-17,21-25,38,64H,4-6,8-10,12-13,18-20,26-29,51H2,1-3H3,(H,54,60)(H,55,59)/t38-,50-/m0/s1. The molecule has 3 aromatic heterocycles. The van der Waals surface area contributed by atoms with Gasteiger partial charge < -0.3 is 49.9 Å². The van der Waals surface area contributed by atoms with Crippen molar-refractivity contribution >= 4 is 50.3 Å². The number of nitrogens with one attached hydrogen (secondary N) is 2. The number of carbonyl (C=O) groups is 4. The van der Waals surface area contributed by atoms with E-state index >= 15 is 0 Å². The lowest BCUT2D eigenvalue weighted by Crippen LogP contribution is -2.44. The Balaban J connectivity index is 0.884. The van der Waals surface area contributed by atoms with Gasteiger partial charge in [0.2, 0.25) is 33.6 Å². The molecule has 2 atom stereocenters. The number of aliphatic hydroxyl groups is 1. The zero-order chi connectivity index (χ0) is 50.5. The van der Waals surface area contributed by atoms with E-state index in [1.54, 1.807) is 52.8 Å². The summed E-state index contributed by atoms with van der Waals surface area (Å²) in [5.41, 5.74) is 8.50. The molecule has 0 saturated heterocycles. The van der Waals surface area contributed by atoms with Crippen molar-refractivity contribution in [3.8, 4) is 34.7 Å². The van der Waals surface area contributed by atoms with Crippen molar-refractivity contribution in [1.82, 2.24) is 29.7 Å². The molecule has 6 heterocycles. The number of carbonyl (C=O) groups excluding carboxylic acids is 4. The SMILES string of the molecule is CCN(CCc1c2c(nc3cc4c(cc13)OCO4)-c1cc3c(c(=O)n1C2)COC(=O)[C@]3(O)CC)C(=O)OCc1ccc(NC(=O)[C@H](CCCCN)NC(=O)CCCC#Cc2cnc(S(C)(=O)=O)nc2)cc1. The van der Waals surface area contributed by atoms with Gasteiger partial charge in [-0.3, -0.25) is 14.4 Å². The zero-order valence-corrected chi connectivity index (χ0v) is 40.4. The fourth-order valence-electron chi connectivity index (χ4n) is 8.72. The molecule has 20 nitrogen and oxygen atoms in total. The number of hydrogen-bond acceptors (Lipinski definition) is 16. The van der Waals surface area contributed by atoms with E-state index in [1.807, 2.05) is 13.0 Å². The minimum Gasteiger partial charge on any atom is -0.458 e. The summed E-state index contributed by atoms with van der Waals surface area (Å²) in [5.74, 6) is 5.32. The average Bonchev–Trinajstić information content (AvgIpc) is 3.98. The second kappa shape index (κ2) is 21.3. The van der Waals surface area contributed by atoms with Crippen molar-refractivity contribution in [3.05, 3.63) is 98.6 Å². The van der Waals surface area contributed by atoms with E-state index in [0.29, 0.717) is 96.8 Å². The van der Waals surface area contributed by atoms with Crippen LogP contribution in [0.2, 0.25) is 0 Å². The number of anilines is 1. The summed E-state index contributed by atoms with van der Waals surface area (Å²) in [4.78, 5) is 80.9.